The summed E-state index contributed by atoms with van der Waals surface area (Å²) < 4.78 is 10.2. The Hall–Kier alpha value is -4.58. The largest absolute Gasteiger partial charge is 0.466 e. The molecule has 2 unspecified atom stereocenters. The molecule has 9 nitrogen and oxygen atoms in total. The van der Waals surface area contributed by atoms with Crippen LogP contribution in [0.25, 0.3) is 0 Å². The van der Waals surface area contributed by atoms with Crippen LogP contribution in [0.1, 0.15) is 48.0 Å². The van der Waals surface area contributed by atoms with E-state index in [1.165, 1.54) is 19.1 Å². The van der Waals surface area contributed by atoms with Crippen LogP contribution in [0.3, 0.4) is 0 Å². The molecule has 1 saturated heterocycles. The molecule has 38 heavy (non-hydrogen) atoms. The molecule has 0 aromatic heterocycles. The SMILES string of the molecule is COC(=O)C1=C(C(=O)OC)N(c2ccccc2C(=O)N2CCCCC2C)C(N)=C(C#N)C1c1ccccc1. The first-order valence-electron chi connectivity index (χ1n) is 12.4. The number of nitrogens with zero attached hydrogens (tertiary/aromatic N) is 3. The fourth-order valence-electron chi connectivity index (χ4n) is 5.17. The lowest BCUT2D eigenvalue weighted by Crippen LogP contribution is -2.44. The van der Waals surface area contributed by atoms with Crippen LogP contribution in [-0.2, 0) is 19.1 Å². The zero-order valence-corrected chi connectivity index (χ0v) is 21.6. The number of nitrogens with two attached hydrogens (primary N) is 1. The lowest BCUT2D eigenvalue weighted by atomic mass is 9.80. The molecule has 0 aliphatic carbocycles. The van der Waals surface area contributed by atoms with Crippen molar-refractivity contribution in [3.8, 4) is 6.07 Å². The van der Waals surface area contributed by atoms with Crippen LogP contribution in [0.2, 0.25) is 0 Å². The summed E-state index contributed by atoms with van der Waals surface area (Å²) >= 11 is 0. The molecule has 4 rings (SSSR count). The Labute approximate surface area is 221 Å². The molecule has 2 N–H and O–H groups in total. The first kappa shape index (κ1) is 26.5. The number of amides is 1. The fraction of sp³-hybridized carbons (Fsp3) is 0.310. The van der Waals surface area contributed by atoms with Crippen LogP contribution in [0.4, 0.5) is 5.69 Å². The highest BCUT2D eigenvalue weighted by atomic mass is 16.5. The van der Waals surface area contributed by atoms with E-state index in [0.29, 0.717) is 12.1 Å². The predicted octanol–water partition coefficient (Wildman–Crippen LogP) is 3.60. The van der Waals surface area contributed by atoms with Crippen molar-refractivity contribution in [3.63, 3.8) is 0 Å². The third kappa shape index (κ3) is 4.61. The van der Waals surface area contributed by atoms with Crippen molar-refractivity contribution in [1.82, 2.24) is 4.90 Å². The van der Waals surface area contributed by atoms with Gasteiger partial charge in [-0.25, -0.2) is 9.59 Å². The van der Waals surface area contributed by atoms with Crippen molar-refractivity contribution in [3.05, 3.63) is 88.4 Å². The molecule has 196 valence electrons. The minimum absolute atomic E-state index is 0.0388. The minimum Gasteiger partial charge on any atom is -0.466 e. The van der Waals surface area contributed by atoms with Gasteiger partial charge in [0, 0.05) is 12.6 Å². The molecule has 2 atom stereocenters. The summed E-state index contributed by atoms with van der Waals surface area (Å²) in [6.45, 7) is 2.61. The van der Waals surface area contributed by atoms with Gasteiger partial charge >= 0.3 is 11.9 Å². The second-order valence-electron chi connectivity index (χ2n) is 9.20. The van der Waals surface area contributed by atoms with Crippen molar-refractivity contribution >= 4 is 23.5 Å². The molecule has 2 aliphatic heterocycles. The van der Waals surface area contributed by atoms with E-state index in [9.17, 15) is 19.6 Å². The number of hydrogen-bond acceptors (Lipinski definition) is 8. The predicted molar refractivity (Wildman–Crippen MR) is 140 cm³/mol. The number of anilines is 1. The van der Waals surface area contributed by atoms with Gasteiger partial charge in [-0.3, -0.25) is 9.69 Å². The van der Waals surface area contributed by atoms with E-state index in [4.69, 9.17) is 15.2 Å². The zero-order valence-electron chi connectivity index (χ0n) is 21.6. The Kier molecular flexibility index (Phi) is 7.82. The molecule has 1 amide bonds. The van der Waals surface area contributed by atoms with E-state index < -0.39 is 17.9 Å². The third-order valence-electron chi connectivity index (χ3n) is 7.05. The van der Waals surface area contributed by atoms with Crippen molar-refractivity contribution in [1.29, 1.82) is 5.26 Å². The van der Waals surface area contributed by atoms with Crippen LogP contribution in [0, 0.1) is 11.3 Å². The number of carbonyl (C=O) groups is 3. The van der Waals surface area contributed by atoms with E-state index in [2.05, 4.69) is 6.07 Å². The summed E-state index contributed by atoms with van der Waals surface area (Å²) in [5.41, 5.74) is 7.45. The molecule has 0 saturated carbocycles. The first-order chi connectivity index (χ1) is 18.3. The molecular formula is C29H30N4O5. The summed E-state index contributed by atoms with van der Waals surface area (Å²) in [5, 5.41) is 10.2. The van der Waals surface area contributed by atoms with Crippen LogP contribution >= 0.6 is 0 Å². The number of ether oxygens (including phenoxy) is 2. The molecule has 2 aliphatic rings. The third-order valence-corrected chi connectivity index (χ3v) is 7.05. The van der Waals surface area contributed by atoms with E-state index >= 15 is 0 Å². The Bertz CT molecular complexity index is 1360. The van der Waals surface area contributed by atoms with Crippen LogP contribution < -0.4 is 10.6 Å². The average molecular weight is 515 g/mol. The number of nitriles is 1. The number of piperidine rings is 1. The van der Waals surface area contributed by atoms with Gasteiger partial charge in [-0.15, -0.1) is 0 Å². The maximum Gasteiger partial charge on any atom is 0.355 e. The van der Waals surface area contributed by atoms with Crippen LogP contribution in [0.15, 0.2) is 77.3 Å². The number of hydrogen-bond donors (Lipinski definition) is 1. The maximum absolute atomic E-state index is 13.8. The second-order valence-corrected chi connectivity index (χ2v) is 9.20. The van der Waals surface area contributed by atoms with Crippen LogP contribution in [0.5, 0.6) is 0 Å². The van der Waals surface area contributed by atoms with Crippen molar-refractivity contribution in [2.45, 2.75) is 38.1 Å². The van der Waals surface area contributed by atoms with Gasteiger partial charge in [-0.2, -0.15) is 5.26 Å². The zero-order chi connectivity index (χ0) is 27.4. The second kappa shape index (κ2) is 11.2. The summed E-state index contributed by atoms with van der Waals surface area (Å²) in [6, 6.07) is 17.6. The molecule has 1 fully saturated rings. The van der Waals surface area contributed by atoms with Crippen molar-refractivity contribution in [2.24, 2.45) is 5.73 Å². The molecule has 0 spiro atoms. The summed E-state index contributed by atoms with van der Waals surface area (Å²) in [7, 11) is 2.38. The Morgan fingerprint density at radius 1 is 0.974 bits per heavy atom. The molecule has 2 heterocycles. The lowest BCUT2D eigenvalue weighted by Gasteiger charge is -2.38. The fourth-order valence-corrected chi connectivity index (χ4v) is 5.17. The smallest absolute Gasteiger partial charge is 0.355 e. The van der Waals surface area contributed by atoms with Gasteiger partial charge in [0.05, 0.1) is 48.6 Å². The maximum atomic E-state index is 13.8. The minimum atomic E-state index is -0.982. The van der Waals surface area contributed by atoms with E-state index in [0.717, 1.165) is 19.3 Å². The van der Waals surface area contributed by atoms with Gasteiger partial charge < -0.3 is 20.1 Å². The van der Waals surface area contributed by atoms with E-state index in [1.807, 2.05) is 6.92 Å². The summed E-state index contributed by atoms with van der Waals surface area (Å²) in [5.74, 6) is -2.98. The number of esters is 2. The standard InChI is InChI=1S/C29H30N4O5/c1-18-11-9-10-16-32(18)27(34)20-14-7-8-15-22(20)33-25(29(36)38-3)24(28(35)37-2)23(21(17-30)26(33)31)19-12-5-4-6-13-19/h4-8,12-15,18,23H,9-11,16,31H2,1-3H3. The number of rotatable bonds is 5. The highest BCUT2D eigenvalue weighted by Crippen LogP contribution is 2.44. The van der Waals surface area contributed by atoms with Crippen LogP contribution in [-0.4, -0.2) is 49.6 Å². The Morgan fingerprint density at radius 3 is 2.26 bits per heavy atom. The number of benzene rings is 2. The highest BCUT2D eigenvalue weighted by molar-refractivity contribution is 6.08. The number of likely N-dealkylation sites (tertiary alicyclic amines) is 1. The topological polar surface area (TPSA) is 126 Å². The first-order valence-corrected chi connectivity index (χ1v) is 12.4. The number of carbonyl (C=O) groups excluding carboxylic acids is 3. The quantitative estimate of drug-likeness (QED) is 0.600. The van der Waals surface area contributed by atoms with Crippen molar-refractivity contribution < 1.29 is 23.9 Å². The average Bonchev–Trinajstić information content (AvgIpc) is 2.96. The van der Waals surface area contributed by atoms with E-state index in [-0.39, 0.29) is 45.9 Å². The molecule has 2 aromatic rings. The van der Waals surface area contributed by atoms with Gasteiger partial charge in [0.25, 0.3) is 5.91 Å². The summed E-state index contributed by atoms with van der Waals surface area (Å²) in [4.78, 5) is 43.5. The Balaban J connectivity index is 2.00. The van der Waals surface area contributed by atoms with Gasteiger partial charge in [0.2, 0.25) is 0 Å². The molecule has 0 radical (unpaired) electrons. The van der Waals surface area contributed by atoms with Crippen molar-refractivity contribution in [2.75, 3.05) is 25.7 Å². The van der Waals surface area contributed by atoms with Gasteiger partial charge in [0.15, 0.2) is 0 Å². The number of para-hydroxylation sites is 1. The number of allylic oxidation sites excluding steroid dienone is 1. The Morgan fingerprint density at radius 2 is 1.63 bits per heavy atom. The molecule has 0 bridgehead atoms. The van der Waals surface area contributed by atoms with Gasteiger partial charge in [-0.05, 0) is 43.9 Å². The van der Waals surface area contributed by atoms with E-state index in [1.54, 1.807) is 59.5 Å². The normalized spacial score (nSPS) is 19.6. The molecule has 2 aromatic carbocycles. The van der Waals surface area contributed by atoms with Gasteiger partial charge in [-0.1, -0.05) is 42.5 Å². The summed E-state index contributed by atoms with van der Waals surface area (Å²) in [6.07, 6.45) is 2.82. The molecular weight excluding hydrogens is 484 g/mol. The monoisotopic (exact) mass is 514 g/mol. The van der Waals surface area contributed by atoms with Gasteiger partial charge in [0.1, 0.15) is 11.5 Å². The molecule has 9 heteroatoms. The lowest BCUT2D eigenvalue weighted by molar-refractivity contribution is -0.139. The number of methoxy groups -OCH3 is 2. The highest BCUT2D eigenvalue weighted by Gasteiger charge is 2.44.